The first-order valence-electron chi connectivity index (χ1n) is 4.21. The van der Waals surface area contributed by atoms with Crippen molar-refractivity contribution in [1.82, 2.24) is 0 Å². The summed E-state index contributed by atoms with van der Waals surface area (Å²) in [5.41, 5.74) is 2.10. The van der Waals surface area contributed by atoms with Crippen molar-refractivity contribution in [3.05, 3.63) is 41.5 Å². The summed E-state index contributed by atoms with van der Waals surface area (Å²) in [6.45, 7) is 0. The van der Waals surface area contributed by atoms with E-state index in [1.165, 1.54) is 5.56 Å². The smallest absolute Gasteiger partial charge is 0.0243 e. The van der Waals surface area contributed by atoms with Gasteiger partial charge in [-0.2, -0.15) is 12.6 Å². The van der Waals surface area contributed by atoms with E-state index in [4.69, 9.17) is 6.42 Å². The zero-order valence-corrected chi connectivity index (χ0v) is 8.30. The van der Waals surface area contributed by atoms with Crippen molar-refractivity contribution in [2.75, 3.05) is 5.75 Å². The molecule has 1 aromatic carbocycles. The molecular formula is C12H12S. The highest BCUT2D eigenvalue weighted by atomic mass is 32.1. The summed E-state index contributed by atoms with van der Waals surface area (Å²) in [7, 11) is 0. The minimum atomic E-state index is 0.888. The highest BCUT2D eigenvalue weighted by molar-refractivity contribution is 7.80. The lowest BCUT2D eigenvalue weighted by Gasteiger charge is -1.93. The van der Waals surface area contributed by atoms with Crippen LogP contribution in [0.2, 0.25) is 0 Å². The predicted molar refractivity (Wildman–Crippen MR) is 61.9 cm³/mol. The van der Waals surface area contributed by atoms with Gasteiger partial charge in [-0.05, 0) is 29.9 Å². The first-order valence-corrected chi connectivity index (χ1v) is 4.84. The Morgan fingerprint density at radius 1 is 1.31 bits per heavy atom. The molecule has 0 nitrogen and oxygen atoms in total. The lowest BCUT2D eigenvalue weighted by atomic mass is 10.1. The molecule has 0 bridgehead atoms. The highest BCUT2D eigenvalue weighted by Gasteiger charge is 1.86. The molecule has 0 saturated heterocycles. The molecule has 0 atom stereocenters. The van der Waals surface area contributed by atoms with Crippen LogP contribution in [-0.2, 0) is 0 Å². The van der Waals surface area contributed by atoms with Gasteiger partial charge in [-0.25, -0.2) is 0 Å². The Kier molecular flexibility index (Phi) is 4.21. The third kappa shape index (κ3) is 3.40. The van der Waals surface area contributed by atoms with Crippen molar-refractivity contribution in [1.29, 1.82) is 0 Å². The van der Waals surface area contributed by atoms with Crippen molar-refractivity contribution in [3.63, 3.8) is 0 Å². The fourth-order valence-corrected chi connectivity index (χ4v) is 1.13. The Balaban J connectivity index is 2.65. The minimum Gasteiger partial charge on any atom is -0.179 e. The summed E-state index contributed by atoms with van der Waals surface area (Å²) in [5.74, 6) is 3.47. The third-order valence-electron chi connectivity index (χ3n) is 1.68. The molecule has 0 spiro atoms. The number of hydrogen-bond acceptors (Lipinski definition) is 1. The summed E-state index contributed by atoms with van der Waals surface area (Å²) < 4.78 is 0. The second-order valence-electron chi connectivity index (χ2n) is 2.68. The number of thiol groups is 1. The quantitative estimate of drug-likeness (QED) is 0.547. The van der Waals surface area contributed by atoms with Crippen LogP contribution in [0.15, 0.2) is 30.3 Å². The van der Waals surface area contributed by atoms with E-state index < -0.39 is 0 Å². The molecule has 1 aromatic rings. The van der Waals surface area contributed by atoms with Crippen molar-refractivity contribution in [2.45, 2.75) is 6.42 Å². The first-order chi connectivity index (χ1) is 6.36. The lowest BCUT2D eigenvalue weighted by Crippen LogP contribution is -1.75. The average molecular weight is 188 g/mol. The number of hydrogen-bond donors (Lipinski definition) is 1. The molecule has 1 rings (SSSR count). The highest BCUT2D eigenvalue weighted by Crippen LogP contribution is 2.05. The normalized spacial score (nSPS) is 10.2. The molecule has 0 fully saturated rings. The van der Waals surface area contributed by atoms with E-state index in [1.807, 2.05) is 24.3 Å². The summed E-state index contributed by atoms with van der Waals surface area (Å²) in [6, 6.07) is 7.93. The van der Waals surface area contributed by atoms with Crippen LogP contribution in [0.3, 0.4) is 0 Å². The summed E-state index contributed by atoms with van der Waals surface area (Å²) in [4.78, 5) is 0. The standard InChI is InChI=1S/C12H12S/c1-2-11-6-8-12(9-7-11)5-3-4-10-13/h1,3,5-9,13H,4,10H2. The molecule has 1 heteroatoms. The Morgan fingerprint density at radius 3 is 2.54 bits per heavy atom. The van der Waals surface area contributed by atoms with Crippen molar-refractivity contribution in [3.8, 4) is 12.3 Å². The van der Waals surface area contributed by atoms with Gasteiger partial charge in [0.15, 0.2) is 0 Å². The van der Waals surface area contributed by atoms with Gasteiger partial charge in [-0.3, -0.25) is 0 Å². The van der Waals surface area contributed by atoms with Gasteiger partial charge in [0.25, 0.3) is 0 Å². The van der Waals surface area contributed by atoms with Gasteiger partial charge < -0.3 is 0 Å². The summed E-state index contributed by atoms with van der Waals surface area (Å²) in [6.07, 6.45) is 10.4. The van der Waals surface area contributed by atoms with Gasteiger partial charge in [0, 0.05) is 5.56 Å². The van der Waals surface area contributed by atoms with Gasteiger partial charge in [0.2, 0.25) is 0 Å². The summed E-state index contributed by atoms with van der Waals surface area (Å²) in [5, 5.41) is 0. The van der Waals surface area contributed by atoms with Gasteiger partial charge in [0.05, 0.1) is 0 Å². The van der Waals surface area contributed by atoms with Crippen LogP contribution < -0.4 is 0 Å². The van der Waals surface area contributed by atoms with Gasteiger partial charge in [-0.1, -0.05) is 30.2 Å². The first kappa shape index (κ1) is 9.95. The fourth-order valence-electron chi connectivity index (χ4n) is 0.984. The van der Waals surface area contributed by atoms with Crippen LogP contribution in [0, 0.1) is 12.3 Å². The van der Waals surface area contributed by atoms with Crippen LogP contribution in [0.1, 0.15) is 17.5 Å². The van der Waals surface area contributed by atoms with E-state index in [1.54, 1.807) is 0 Å². The largest absolute Gasteiger partial charge is 0.179 e. The number of rotatable bonds is 3. The van der Waals surface area contributed by atoms with E-state index in [0.29, 0.717) is 0 Å². The van der Waals surface area contributed by atoms with E-state index in [9.17, 15) is 0 Å². The molecule has 0 radical (unpaired) electrons. The fraction of sp³-hybridized carbons (Fsp3) is 0.167. The molecule has 0 amide bonds. The second-order valence-corrected chi connectivity index (χ2v) is 3.13. The Morgan fingerprint density at radius 2 is 2.00 bits per heavy atom. The van der Waals surface area contributed by atoms with Crippen molar-refractivity contribution < 1.29 is 0 Å². The average Bonchev–Trinajstić information content (AvgIpc) is 2.19. The number of terminal acetylenes is 1. The lowest BCUT2D eigenvalue weighted by molar-refractivity contribution is 1.26. The molecule has 13 heavy (non-hydrogen) atoms. The molecule has 0 aliphatic heterocycles. The van der Waals surface area contributed by atoms with Crippen LogP contribution >= 0.6 is 12.6 Å². The minimum absolute atomic E-state index is 0.888. The van der Waals surface area contributed by atoms with E-state index in [-0.39, 0.29) is 0 Å². The SMILES string of the molecule is C#Cc1ccc(C=CCCS)cc1. The maximum atomic E-state index is 5.24. The van der Waals surface area contributed by atoms with Gasteiger partial charge in [0.1, 0.15) is 0 Å². The van der Waals surface area contributed by atoms with Gasteiger partial charge >= 0.3 is 0 Å². The van der Waals surface area contributed by atoms with Crippen molar-refractivity contribution in [2.24, 2.45) is 0 Å². The van der Waals surface area contributed by atoms with Crippen LogP contribution in [-0.4, -0.2) is 5.75 Å². The number of allylic oxidation sites excluding steroid dienone is 1. The zero-order valence-electron chi connectivity index (χ0n) is 7.40. The summed E-state index contributed by atoms with van der Waals surface area (Å²) >= 11 is 4.12. The maximum absolute atomic E-state index is 5.24. The van der Waals surface area contributed by atoms with Crippen LogP contribution in [0.5, 0.6) is 0 Å². The maximum Gasteiger partial charge on any atom is 0.0243 e. The Hall–Kier alpha value is -1.13. The molecule has 66 valence electrons. The molecule has 0 heterocycles. The molecular weight excluding hydrogens is 176 g/mol. The van der Waals surface area contributed by atoms with E-state index in [0.717, 1.165) is 17.7 Å². The molecule has 0 N–H and O–H groups in total. The second kappa shape index (κ2) is 5.50. The van der Waals surface area contributed by atoms with E-state index >= 15 is 0 Å². The third-order valence-corrected chi connectivity index (χ3v) is 1.94. The molecule has 0 saturated carbocycles. The molecule has 0 aliphatic rings. The number of benzene rings is 1. The van der Waals surface area contributed by atoms with Gasteiger partial charge in [-0.15, -0.1) is 6.42 Å². The molecule has 0 aromatic heterocycles. The Labute approximate surface area is 85.1 Å². The Bertz CT molecular complexity index is 314. The van der Waals surface area contributed by atoms with E-state index in [2.05, 4.69) is 30.7 Å². The molecule has 0 aliphatic carbocycles. The molecule has 0 unspecified atom stereocenters. The zero-order chi connectivity index (χ0) is 9.52. The monoisotopic (exact) mass is 188 g/mol. The topological polar surface area (TPSA) is 0 Å². The van der Waals surface area contributed by atoms with Crippen LogP contribution in [0.25, 0.3) is 6.08 Å². The predicted octanol–water partition coefficient (Wildman–Crippen LogP) is 3.00. The van der Waals surface area contributed by atoms with Crippen LogP contribution in [0.4, 0.5) is 0 Å². The van der Waals surface area contributed by atoms with Crippen molar-refractivity contribution >= 4 is 18.7 Å².